The van der Waals surface area contributed by atoms with E-state index in [9.17, 15) is 0 Å². The van der Waals surface area contributed by atoms with Crippen LogP contribution in [0.1, 0.15) is 6.42 Å². The quantitative estimate of drug-likeness (QED) is 0.480. The molecule has 0 aromatic heterocycles. The Kier molecular flexibility index (Phi) is 3.79. The zero-order valence-corrected chi connectivity index (χ0v) is 6.49. The summed E-state index contributed by atoms with van der Waals surface area (Å²) in [7, 11) is 0. The molecule has 0 amide bonds. The van der Waals surface area contributed by atoms with Crippen molar-refractivity contribution in [3.8, 4) is 0 Å². The van der Waals surface area contributed by atoms with Gasteiger partial charge in [0.05, 0.1) is 19.3 Å². The lowest BCUT2D eigenvalue weighted by Gasteiger charge is -2.12. The van der Waals surface area contributed by atoms with Crippen molar-refractivity contribution in [2.75, 3.05) is 26.4 Å². The molecule has 0 bridgehead atoms. The Balaban J connectivity index is 2.01. The molecule has 2 atom stereocenters. The van der Waals surface area contributed by atoms with Crippen LogP contribution in [0.2, 0.25) is 0 Å². The summed E-state index contributed by atoms with van der Waals surface area (Å²) in [4.78, 5) is 0. The molecule has 1 unspecified atom stereocenters. The number of hydrogen-bond donors (Lipinski definition) is 3. The minimum absolute atomic E-state index is 0.180. The summed E-state index contributed by atoms with van der Waals surface area (Å²) in [5.74, 6) is 0. The smallest absolute Gasteiger partial charge is 0.0895 e. The van der Waals surface area contributed by atoms with Gasteiger partial charge in [0.25, 0.3) is 0 Å². The summed E-state index contributed by atoms with van der Waals surface area (Å²) in [6.07, 6.45) is 0.355. The predicted octanol–water partition coefficient (Wildman–Crippen LogP) is -1.28. The van der Waals surface area contributed by atoms with Gasteiger partial charge < -0.3 is 20.3 Å². The summed E-state index contributed by atoms with van der Waals surface area (Å²) in [6, 6.07) is 0.358. The topological polar surface area (TPSA) is 61.7 Å². The van der Waals surface area contributed by atoms with Crippen molar-refractivity contribution in [1.29, 1.82) is 0 Å². The Bertz CT molecular complexity index is 104. The zero-order chi connectivity index (χ0) is 8.10. The molecular weight excluding hydrogens is 146 g/mol. The van der Waals surface area contributed by atoms with E-state index in [4.69, 9.17) is 14.9 Å². The van der Waals surface area contributed by atoms with Gasteiger partial charge in [-0.05, 0) is 6.42 Å². The van der Waals surface area contributed by atoms with Crippen LogP contribution in [-0.4, -0.2) is 48.7 Å². The molecule has 0 saturated carbocycles. The van der Waals surface area contributed by atoms with Gasteiger partial charge in [0.15, 0.2) is 0 Å². The standard InChI is InChI=1S/C7H15NO3/c9-4-7(10)3-8-6-1-2-11-5-6/h6-10H,1-5H2/t6?,7-/m0/s1. The minimum atomic E-state index is -0.643. The normalized spacial score (nSPS) is 27.3. The summed E-state index contributed by atoms with van der Waals surface area (Å²) in [6.45, 7) is 1.79. The van der Waals surface area contributed by atoms with Crippen molar-refractivity contribution < 1.29 is 14.9 Å². The van der Waals surface area contributed by atoms with Crippen LogP contribution in [-0.2, 0) is 4.74 Å². The Morgan fingerprint density at radius 3 is 3.00 bits per heavy atom. The van der Waals surface area contributed by atoms with Gasteiger partial charge in [0.1, 0.15) is 0 Å². The first kappa shape index (κ1) is 8.93. The first-order chi connectivity index (χ1) is 5.33. The second-order valence-corrected chi connectivity index (χ2v) is 2.81. The van der Waals surface area contributed by atoms with E-state index in [1.54, 1.807) is 0 Å². The Hall–Kier alpha value is -0.160. The van der Waals surface area contributed by atoms with Crippen LogP contribution in [0.25, 0.3) is 0 Å². The van der Waals surface area contributed by atoms with Gasteiger partial charge in [-0.25, -0.2) is 0 Å². The van der Waals surface area contributed by atoms with Crippen LogP contribution >= 0.6 is 0 Å². The minimum Gasteiger partial charge on any atom is -0.394 e. The van der Waals surface area contributed by atoms with Crippen LogP contribution in [0.3, 0.4) is 0 Å². The average Bonchev–Trinajstić information content (AvgIpc) is 2.52. The number of hydrogen-bond acceptors (Lipinski definition) is 4. The Labute approximate surface area is 66.2 Å². The number of nitrogens with one attached hydrogen (secondary N) is 1. The van der Waals surface area contributed by atoms with Crippen molar-refractivity contribution in [3.63, 3.8) is 0 Å². The summed E-state index contributed by atoms with van der Waals surface area (Å²) < 4.78 is 5.12. The fourth-order valence-electron chi connectivity index (χ4n) is 1.06. The van der Waals surface area contributed by atoms with Crippen LogP contribution < -0.4 is 5.32 Å². The van der Waals surface area contributed by atoms with Crippen LogP contribution in [0.5, 0.6) is 0 Å². The summed E-state index contributed by atoms with van der Waals surface area (Å²) in [5, 5.41) is 20.5. The Morgan fingerprint density at radius 2 is 2.45 bits per heavy atom. The maximum atomic E-state index is 8.96. The highest BCUT2D eigenvalue weighted by Crippen LogP contribution is 2.02. The molecule has 0 aromatic rings. The third-order valence-electron chi connectivity index (χ3n) is 1.78. The van der Waals surface area contributed by atoms with Gasteiger partial charge in [-0.2, -0.15) is 0 Å². The molecule has 11 heavy (non-hydrogen) atoms. The second kappa shape index (κ2) is 4.66. The van der Waals surface area contributed by atoms with Gasteiger partial charge in [-0.15, -0.1) is 0 Å². The largest absolute Gasteiger partial charge is 0.394 e. The number of aliphatic hydroxyl groups excluding tert-OH is 2. The lowest BCUT2D eigenvalue weighted by atomic mass is 10.2. The molecule has 1 saturated heterocycles. The van der Waals surface area contributed by atoms with E-state index in [1.807, 2.05) is 0 Å². The molecular formula is C7H15NO3. The molecule has 1 aliphatic rings. The summed E-state index contributed by atoms with van der Waals surface area (Å²) in [5.41, 5.74) is 0. The van der Waals surface area contributed by atoms with Crippen molar-refractivity contribution in [3.05, 3.63) is 0 Å². The van der Waals surface area contributed by atoms with Gasteiger partial charge >= 0.3 is 0 Å². The van der Waals surface area contributed by atoms with Crippen LogP contribution in [0.4, 0.5) is 0 Å². The maximum Gasteiger partial charge on any atom is 0.0895 e. The van der Waals surface area contributed by atoms with Crippen LogP contribution in [0, 0.1) is 0 Å². The molecule has 66 valence electrons. The lowest BCUT2D eigenvalue weighted by Crippen LogP contribution is -2.37. The van der Waals surface area contributed by atoms with E-state index >= 15 is 0 Å². The third-order valence-corrected chi connectivity index (χ3v) is 1.78. The number of ether oxygens (including phenoxy) is 1. The van der Waals surface area contributed by atoms with Gasteiger partial charge in [-0.3, -0.25) is 0 Å². The molecule has 1 fully saturated rings. The van der Waals surface area contributed by atoms with Crippen molar-refractivity contribution >= 4 is 0 Å². The first-order valence-electron chi connectivity index (χ1n) is 3.93. The van der Waals surface area contributed by atoms with Gasteiger partial charge in [0, 0.05) is 19.2 Å². The van der Waals surface area contributed by atoms with Crippen molar-refractivity contribution in [1.82, 2.24) is 5.32 Å². The molecule has 4 nitrogen and oxygen atoms in total. The molecule has 0 aromatic carbocycles. The highest BCUT2D eigenvalue weighted by atomic mass is 16.5. The predicted molar refractivity (Wildman–Crippen MR) is 40.3 cm³/mol. The second-order valence-electron chi connectivity index (χ2n) is 2.81. The zero-order valence-electron chi connectivity index (χ0n) is 6.49. The van der Waals surface area contributed by atoms with Crippen molar-refractivity contribution in [2.45, 2.75) is 18.6 Å². The molecule has 4 heteroatoms. The molecule has 0 aliphatic carbocycles. The molecule has 1 rings (SSSR count). The fourth-order valence-corrected chi connectivity index (χ4v) is 1.06. The first-order valence-corrected chi connectivity index (χ1v) is 3.93. The molecule has 0 radical (unpaired) electrons. The van der Waals surface area contributed by atoms with Crippen molar-refractivity contribution in [2.24, 2.45) is 0 Å². The van der Waals surface area contributed by atoms with Gasteiger partial charge in [-0.1, -0.05) is 0 Å². The average molecular weight is 161 g/mol. The SMILES string of the molecule is OC[C@@H](O)CNC1CCOC1. The van der Waals surface area contributed by atoms with Crippen LogP contribution in [0.15, 0.2) is 0 Å². The van der Waals surface area contributed by atoms with E-state index in [2.05, 4.69) is 5.32 Å². The van der Waals surface area contributed by atoms with E-state index in [-0.39, 0.29) is 6.61 Å². The highest BCUT2D eigenvalue weighted by molar-refractivity contribution is 4.72. The van der Waals surface area contributed by atoms with E-state index < -0.39 is 6.10 Å². The Morgan fingerprint density at radius 1 is 1.64 bits per heavy atom. The lowest BCUT2D eigenvalue weighted by molar-refractivity contribution is 0.0909. The van der Waals surface area contributed by atoms with E-state index in [0.717, 1.165) is 19.6 Å². The van der Waals surface area contributed by atoms with E-state index in [0.29, 0.717) is 12.6 Å². The fraction of sp³-hybridized carbons (Fsp3) is 1.00. The maximum absolute atomic E-state index is 8.96. The molecule has 3 N–H and O–H groups in total. The molecule has 1 aliphatic heterocycles. The third kappa shape index (κ3) is 3.16. The number of aliphatic hydroxyl groups is 2. The monoisotopic (exact) mass is 161 g/mol. The van der Waals surface area contributed by atoms with Gasteiger partial charge in [0.2, 0.25) is 0 Å². The van der Waals surface area contributed by atoms with E-state index in [1.165, 1.54) is 0 Å². The molecule has 1 heterocycles. The molecule has 0 spiro atoms. The summed E-state index contributed by atoms with van der Waals surface area (Å²) >= 11 is 0. The number of rotatable bonds is 4. The highest BCUT2D eigenvalue weighted by Gasteiger charge is 2.15.